The molecule has 4 N–H and O–H groups in total. The lowest BCUT2D eigenvalue weighted by Crippen LogP contribution is -2.38. The minimum atomic E-state index is -4.68. The molecule has 2 atom stereocenters. The molecule has 0 amide bonds. The first-order valence-electron chi connectivity index (χ1n) is 9.11. The molecule has 0 bridgehead atoms. The standard InChI is InChI=1S/C16H34NO8P/c1-3-5-7-9-22-11-14(23-10-8-6-4-2)12-24-16(18)15(17)13-25-26(19,20)21/h14-15H,3-13,17H2,1-2H3,(H2,19,20,21)/t14-,15+/m1/s1. The van der Waals surface area contributed by atoms with Crippen molar-refractivity contribution >= 4 is 13.8 Å². The monoisotopic (exact) mass is 399 g/mol. The summed E-state index contributed by atoms with van der Waals surface area (Å²) in [5.41, 5.74) is 5.49. The van der Waals surface area contributed by atoms with Crippen LogP contribution in [0.2, 0.25) is 0 Å². The molecule has 0 aliphatic heterocycles. The molecule has 0 unspecified atom stereocenters. The number of hydrogen-bond donors (Lipinski definition) is 3. The fraction of sp³-hybridized carbons (Fsp3) is 0.938. The van der Waals surface area contributed by atoms with Gasteiger partial charge in [-0.25, -0.2) is 4.57 Å². The van der Waals surface area contributed by atoms with Crippen molar-refractivity contribution in [1.29, 1.82) is 0 Å². The Balaban J connectivity index is 4.22. The Bertz CT molecular complexity index is 404. The van der Waals surface area contributed by atoms with E-state index >= 15 is 0 Å². The van der Waals surface area contributed by atoms with Gasteiger partial charge in [0.1, 0.15) is 18.8 Å². The van der Waals surface area contributed by atoms with E-state index < -0.39 is 32.5 Å². The molecule has 0 aromatic heterocycles. The van der Waals surface area contributed by atoms with Crippen molar-refractivity contribution in [3.63, 3.8) is 0 Å². The number of hydrogen-bond acceptors (Lipinski definition) is 7. The zero-order chi connectivity index (χ0) is 19.8. The Morgan fingerprint density at radius 3 is 2.19 bits per heavy atom. The van der Waals surface area contributed by atoms with Crippen molar-refractivity contribution in [1.82, 2.24) is 0 Å². The van der Waals surface area contributed by atoms with Gasteiger partial charge in [-0.1, -0.05) is 39.5 Å². The molecule has 10 heteroatoms. The van der Waals surface area contributed by atoms with E-state index in [4.69, 9.17) is 29.7 Å². The smallest absolute Gasteiger partial charge is 0.462 e. The molecular formula is C16H34NO8P. The number of esters is 1. The second-order valence-corrected chi connectivity index (χ2v) is 7.24. The van der Waals surface area contributed by atoms with Crippen LogP contribution in [0, 0.1) is 0 Å². The van der Waals surface area contributed by atoms with Gasteiger partial charge in [0.15, 0.2) is 0 Å². The minimum absolute atomic E-state index is 0.0393. The zero-order valence-electron chi connectivity index (χ0n) is 15.8. The molecule has 26 heavy (non-hydrogen) atoms. The molecule has 0 radical (unpaired) electrons. The molecule has 0 heterocycles. The zero-order valence-corrected chi connectivity index (χ0v) is 16.7. The molecule has 0 fully saturated rings. The molecule has 156 valence electrons. The van der Waals surface area contributed by atoms with Crippen molar-refractivity contribution in [2.24, 2.45) is 5.73 Å². The highest BCUT2D eigenvalue weighted by molar-refractivity contribution is 7.46. The van der Waals surface area contributed by atoms with Crippen LogP contribution in [0.3, 0.4) is 0 Å². The molecule has 0 saturated carbocycles. The Hall–Kier alpha value is -0.540. The fourth-order valence-corrected chi connectivity index (χ4v) is 2.30. The van der Waals surface area contributed by atoms with E-state index in [9.17, 15) is 9.36 Å². The van der Waals surface area contributed by atoms with Crippen LogP contribution in [0.25, 0.3) is 0 Å². The molecule has 0 rings (SSSR count). The van der Waals surface area contributed by atoms with Crippen molar-refractivity contribution in [3.05, 3.63) is 0 Å². The first-order valence-corrected chi connectivity index (χ1v) is 10.6. The molecule has 9 nitrogen and oxygen atoms in total. The predicted octanol–water partition coefficient (Wildman–Crippen LogP) is 1.75. The molecule has 0 aromatic rings. The second kappa shape index (κ2) is 15.5. The van der Waals surface area contributed by atoms with Crippen LogP contribution in [0.1, 0.15) is 52.4 Å². The summed E-state index contributed by atoms with van der Waals surface area (Å²) < 4.78 is 31.1. The Kier molecular flexibility index (Phi) is 15.2. The second-order valence-electron chi connectivity index (χ2n) is 6.00. The summed E-state index contributed by atoms with van der Waals surface area (Å²) in [6.45, 7) is 5.00. The Morgan fingerprint density at radius 1 is 1.00 bits per heavy atom. The van der Waals surface area contributed by atoms with Crippen molar-refractivity contribution in [2.45, 2.75) is 64.5 Å². The van der Waals surface area contributed by atoms with Crippen molar-refractivity contribution in [2.75, 3.05) is 33.0 Å². The molecular weight excluding hydrogens is 365 g/mol. The number of unbranched alkanes of at least 4 members (excludes halogenated alkanes) is 4. The molecule has 0 spiro atoms. The number of carbonyl (C=O) groups excluding carboxylic acids is 1. The summed E-state index contributed by atoms with van der Waals surface area (Å²) in [7, 11) is -4.68. The van der Waals surface area contributed by atoms with Gasteiger partial charge in [-0.3, -0.25) is 9.32 Å². The van der Waals surface area contributed by atoms with Crippen LogP contribution in [0.5, 0.6) is 0 Å². The van der Waals surface area contributed by atoms with E-state index in [0.29, 0.717) is 19.8 Å². The molecule has 0 aliphatic carbocycles. The van der Waals surface area contributed by atoms with E-state index in [1.807, 2.05) is 0 Å². The summed E-state index contributed by atoms with van der Waals surface area (Å²) >= 11 is 0. The van der Waals surface area contributed by atoms with E-state index in [1.54, 1.807) is 0 Å². The topological polar surface area (TPSA) is 138 Å². The number of nitrogens with two attached hydrogens (primary N) is 1. The van der Waals surface area contributed by atoms with Gasteiger partial charge in [-0.15, -0.1) is 0 Å². The van der Waals surface area contributed by atoms with Crippen LogP contribution >= 0.6 is 7.82 Å². The number of ether oxygens (including phenoxy) is 3. The quantitative estimate of drug-likeness (QED) is 0.190. The van der Waals surface area contributed by atoms with Gasteiger partial charge in [-0.05, 0) is 12.8 Å². The average molecular weight is 399 g/mol. The number of carbonyl (C=O) groups is 1. The number of phosphoric ester groups is 1. The molecule has 0 aliphatic rings. The summed E-state index contributed by atoms with van der Waals surface area (Å²) in [5.74, 6) is -0.813. The summed E-state index contributed by atoms with van der Waals surface area (Å²) in [5, 5.41) is 0. The van der Waals surface area contributed by atoms with Gasteiger partial charge in [0.25, 0.3) is 0 Å². The Labute approximate surface area is 155 Å². The van der Waals surface area contributed by atoms with Gasteiger partial charge in [0.2, 0.25) is 0 Å². The van der Waals surface area contributed by atoms with Crippen LogP contribution < -0.4 is 5.73 Å². The van der Waals surface area contributed by atoms with Gasteiger partial charge < -0.3 is 29.7 Å². The van der Waals surface area contributed by atoms with Crippen molar-refractivity contribution < 1.29 is 37.9 Å². The van der Waals surface area contributed by atoms with E-state index in [0.717, 1.165) is 38.5 Å². The SMILES string of the molecule is CCCCCOC[C@H](COC(=O)[C@@H](N)COP(=O)(O)O)OCCCCC. The fourth-order valence-electron chi connectivity index (χ4n) is 1.94. The lowest BCUT2D eigenvalue weighted by atomic mass is 10.2. The minimum Gasteiger partial charge on any atom is -0.462 e. The molecule has 0 saturated heterocycles. The van der Waals surface area contributed by atoms with Crippen molar-refractivity contribution in [3.8, 4) is 0 Å². The van der Waals surface area contributed by atoms with Crippen LogP contribution in [0.4, 0.5) is 0 Å². The predicted molar refractivity (Wildman–Crippen MR) is 96.5 cm³/mol. The highest BCUT2D eigenvalue weighted by Gasteiger charge is 2.23. The van der Waals surface area contributed by atoms with Crippen LogP contribution in [0.15, 0.2) is 0 Å². The number of rotatable bonds is 17. The highest BCUT2D eigenvalue weighted by Crippen LogP contribution is 2.35. The van der Waals surface area contributed by atoms with Gasteiger partial charge >= 0.3 is 13.8 Å². The lowest BCUT2D eigenvalue weighted by molar-refractivity contribution is -0.152. The first-order chi connectivity index (χ1) is 12.3. The van der Waals surface area contributed by atoms with E-state index in [-0.39, 0.29) is 6.61 Å². The van der Waals surface area contributed by atoms with Gasteiger partial charge in [-0.2, -0.15) is 0 Å². The number of phosphoric acid groups is 1. The maximum atomic E-state index is 11.8. The van der Waals surface area contributed by atoms with E-state index in [1.165, 1.54) is 0 Å². The maximum Gasteiger partial charge on any atom is 0.469 e. The van der Waals surface area contributed by atoms with Gasteiger partial charge in [0, 0.05) is 13.2 Å². The summed E-state index contributed by atoms with van der Waals surface area (Å²) in [4.78, 5) is 29.0. The van der Waals surface area contributed by atoms with Gasteiger partial charge in [0.05, 0.1) is 13.2 Å². The van der Waals surface area contributed by atoms with E-state index in [2.05, 4.69) is 18.4 Å². The summed E-state index contributed by atoms with van der Waals surface area (Å²) in [6.07, 6.45) is 5.78. The normalized spacial score (nSPS) is 14.2. The lowest BCUT2D eigenvalue weighted by Gasteiger charge is -2.19. The van der Waals surface area contributed by atoms with Crippen LogP contribution in [-0.4, -0.2) is 60.9 Å². The third kappa shape index (κ3) is 15.7. The third-order valence-corrected chi connectivity index (χ3v) is 3.92. The maximum absolute atomic E-state index is 11.8. The average Bonchev–Trinajstić information content (AvgIpc) is 2.59. The highest BCUT2D eigenvalue weighted by atomic mass is 31.2. The summed E-state index contributed by atoms with van der Waals surface area (Å²) in [6, 6.07) is -1.28. The van der Waals surface area contributed by atoms with Crippen LogP contribution in [-0.2, 0) is 28.1 Å². The Morgan fingerprint density at radius 2 is 1.62 bits per heavy atom. The largest absolute Gasteiger partial charge is 0.469 e. The first kappa shape index (κ1) is 25.5. The molecule has 0 aromatic carbocycles. The third-order valence-electron chi connectivity index (χ3n) is 3.43.